The third-order valence-corrected chi connectivity index (χ3v) is 9.32. The molecule has 0 saturated carbocycles. The van der Waals surface area contributed by atoms with E-state index in [0.29, 0.717) is 24.9 Å². The van der Waals surface area contributed by atoms with E-state index >= 15 is 0 Å². The molecule has 7 heteroatoms. The highest BCUT2D eigenvalue weighted by molar-refractivity contribution is 7.90. The van der Waals surface area contributed by atoms with E-state index < -0.39 is 21.3 Å². The number of aryl methyl sites for hydroxylation is 2. The molecule has 0 aromatic heterocycles. The average molecular weight is 418 g/mol. The van der Waals surface area contributed by atoms with Gasteiger partial charge in [-0.15, -0.1) is 0 Å². The van der Waals surface area contributed by atoms with E-state index in [9.17, 15) is 13.2 Å². The van der Waals surface area contributed by atoms with Gasteiger partial charge in [-0.25, -0.2) is 17.9 Å². The third-order valence-electron chi connectivity index (χ3n) is 7.59. The Morgan fingerprint density at radius 3 is 2.17 bits per heavy atom. The van der Waals surface area contributed by atoms with Crippen molar-refractivity contribution in [3.05, 3.63) is 28.3 Å². The summed E-state index contributed by atoms with van der Waals surface area (Å²) in [6, 6.07) is 2.39. The van der Waals surface area contributed by atoms with E-state index in [1.165, 1.54) is 22.3 Å². The molecule has 2 fully saturated rings. The minimum atomic E-state index is -3.68. The van der Waals surface area contributed by atoms with Crippen molar-refractivity contribution in [1.82, 2.24) is 9.62 Å². The molecule has 2 aliphatic carbocycles. The first-order valence-electron chi connectivity index (χ1n) is 11.2. The van der Waals surface area contributed by atoms with Gasteiger partial charge in [0, 0.05) is 17.8 Å². The molecule has 0 spiro atoms. The SMILES string of the molecule is CCN1C2CC[C@H]1CC(S(=O)(=O)NC(=O)Nc1c3c(cc4c1CCC4)CCC3)C2. The standard InChI is InChI=1S/C22H31N3O3S/c1-2-25-16-9-10-17(25)13-18(12-16)29(27,28)24-22(26)23-21-19-7-3-5-14(19)11-15-6-4-8-20(15)21/h11,16-18H,2-10,12-13H2,1H3,(H2,23,24,26)/t16-,17?,18?/m0/s1. The maximum absolute atomic E-state index is 13.0. The Bertz CT molecular complexity index is 897. The van der Waals surface area contributed by atoms with Gasteiger partial charge in [-0.2, -0.15) is 0 Å². The zero-order valence-electron chi connectivity index (χ0n) is 17.2. The van der Waals surface area contributed by atoms with Gasteiger partial charge in [0.15, 0.2) is 0 Å². The van der Waals surface area contributed by atoms with E-state index in [1.54, 1.807) is 0 Å². The highest BCUT2D eigenvalue weighted by atomic mass is 32.2. The number of hydrogen-bond donors (Lipinski definition) is 2. The van der Waals surface area contributed by atoms with E-state index in [1.807, 2.05) is 0 Å². The van der Waals surface area contributed by atoms with E-state index in [0.717, 1.165) is 63.6 Å². The van der Waals surface area contributed by atoms with Crippen LogP contribution in [0.4, 0.5) is 10.5 Å². The maximum atomic E-state index is 13.0. The van der Waals surface area contributed by atoms with Crippen LogP contribution in [-0.4, -0.2) is 43.2 Å². The van der Waals surface area contributed by atoms with Gasteiger partial charge in [-0.1, -0.05) is 13.0 Å². The van der Waals surface area contributed by atoms with Crippen molar-refractivity contribution >= 4 is 21.7 Å². The lowest BCUT2D eigenvalue weighted by Crippen LogP contribution is -2.50. The molecule has 0 radical (unpaired) electrons. The molecule has 6 nitrogen and oxygen atoms in total. The quantitative estimate of drug-likeness (QED) is 0.789. The number of carbonyl (C=O) groups is 1. The fourth-order valence-corrected chi connectivity index (χ4v) is 7.74. The minimum absolute atomic E-state index is 0.337. The predicted molar refractivity (Wildman–Crippen MR) is 114 cm³/mol. The zero-order chi connectivity index (χ0) is 20.2. The Morgan fingerprint density at radius 2 is 1.62 bits per heavy atom. The molecule has 2 saturated heterocycles. The van der Waals surface area contributed by atoms with Crippen LogP contribution in [0.25, 0.3) is 0 Å². The summed E-state index contributed by atoms with van der Waals surface area (Å²) < 4.78 is 28.3. The van der Waals surface area contributed by atoms with Gasteiger partial charge < -0.3 is 5.32 Å². The number of benzene rings is 1. The van der Waals surface area contributed by atoms with Crippen molar-refractivity contribution in [2.75, 3.05) is 11.9 Å². The van der Waals surface area contributed by atoms with Crippen LogP contribution in [-0.2, 0) is 35.7 Å². The van der Waals surface area contributed by atoms with E-state index in [4.69, 9.17) is 0 Å². The Balaban J connectivity index is 1.32. The normalized spacial score (nSPS) is 28.2. The number of anilines is 1. The number of carbonyl (C=O) groups excluding carboxylic acids is 1. The minimum Gasteiger partial charge on any atom is -0.307 e. The van der Waals surface area contributed by atoms with Gasteiger partial charge in [-0.3, -0.25) is 4.90 Å². The fourth-order valence-electron chi connectivity index (χ4n) is 6.31. The number of fused-ring (bicyclic) bond motifs is 4. The van der Waals surface area contributed by atoms with Crippen LogP contribution in [0, 0.1) is 0 Å². The zero-order valence-corrected chi connectivity index (χ0v) is 18.0. The summed E-state index contributed by atoms with van der Waals surface area (Å²) in [6.45, 7) is 3.11. The number of urea groups is 1. The van der Waals surface area contributed by atoms with Crippen LogP contribution in [0.5, 0.6) is 0 Å². The maximum Gasteiger partial charge on any atom is 0.332 e. The first-order valence-corrected chi connectivity index (χ1v) is 12.8. The topological polar surface area (TPSA) is 78.5 Å². The molecule has 2 heterocycles. The van der Waals surface area contributed by atoms with Crippen LogP contribution in [0.2, 0.25) is 0 Å². The van der Waals surface area contributed by atoms with Gasteiger partial charge in [0.25, 0.3) is 0 Å². The lowest BCUT2D eigenvalue weighted by Gasteiger charge is -2.37. The summed E-state index contributed by atoms with van der Waals surface area (Å²) in [5, 5.41) is 2.48. The molecule has 1 aromatic rings. The Morgan fingerprint density at radius 1 is 1.03 bits per heavy atom. The number of amides is 2. The molecule has 158 valence electrons. The molecule has 4 aliphatic rings. The Labute approximate surface area is 173 Å². The molecular weight excluding hydrogens is 386 g/mol. The number of sulfonamides is 1. The Hall–Kier alpha value is -1.60. The van der Waals surface area contributed by atoms with E-state index in [-0.39, 0.29) is 0 Å². The average Bonchev–Trinajstić information content (AvgIpc) is 3.38. The molecule has 29 heavy (non-hydrogen) atoms. The van der Waals surface area contributed by atoms with Gasteiger partial charge in [0.2, 0.25) is 10.0 Å². The summed E-state index contributed by atoms with van der Waals surface area (Å²) >= 11 is 0. The van der Waals surface area contributed by atoms with Crippen molar-refractivity contribution in [3.63, 3.8) is 0 Å². The number of piperidine rings is 1. The summed E-state index contributed by atoms with van der Waals surface area (Å²) in [6.07, 6.45) is 9.63. The first-order chi connectivity index (χ1) is 14.0. The first kappa shape index (κ1) is 19.4. The second-order valence-electron chi connectivity index (χ2n) is 9.14. The Kier molecular flexibility index (Phi) is 4.86. The van der Waals surface area contributed by atoms with Crippen molar-refractivity contribution in [1.29, 1.82) is 0 Å². The molecule has 2 N–H and O–H groups in total. The molecule has 5 rings (SSSR count). The summed E-state index contributed by atoms with van der Waals surface area (Å²) in [5.74, 6) is 0. The third kappa shape index (κ3) is 3.36. The van der Waals surface area contributed by atoms with E-state index in [2.05, 4.69) is 27.9 Å². The van der Waals surface area contributed by atoms with Crippen molar-refractivity contribution in [2.45, 2.75) is 88.5 Å². The largest absolute Gasteiger partial charge is 0.332 e. The smallest absolute Gasteiger partial charge is 0.307 e. The van der Waals surface area contributed by atoms with Crippen molar-refractivity contribution in [2.24, 2.45) is 0 Å². The second-order valence-corrected chi connectivity index (χ2v) is 11.1. The summed E-state index contributed by atoms with van der Waals surface area (Å²) in [4.78, 5) is 15.2. The lowest BCUT2D eigenvalue weighted by atomic mass is 9.99. The predicted octanol–water partition coefficient (Wildman–Crippen LogP) is 3.13. The van der Waals surface area contributed by atoms with Crippen molar-refractivity contribution < 1.29 is 13.2 Å². The molecule has 2 amide bonds. The highest BCUT2D eigenvalue weighted by Crippen LogP contribution is 2.39. The van der Waals surface area contributed by atoms with Gasteiger partial charge in [0.1, 0.15) is 0 Å². The molecule has 2 bridgehead atoms. The molecule has 3 atom stereocenters. The van der Waals surface area contributed by atoms with Gasteiger partial charge in [-0.05, 0) is 93.0 Å². The van der Waals surface area contributed by atoms with Crippen LogP contribution in [0.15, 0.2) is 6.07 Å². The fraction of sp³-hybridized carbons (Fsp3) is 0.682. The lowest BCUT2D eigenvalue weighted by molar-refractivity contribution is 0.150. The molecule has 2 aliphatic heterocycles. The molecule has 2 unspecified atom stereocenters. The summed E-state index contributed by atoms with van der Waals surface area (Å²) in [5.41, 5.74) is 5.97. The number of nitrogens with one attached hydrogen (secondary N) is 2. The molecular formula is C22H31N3O3S. The van der Waals surface area contributed by atoms with Crippen LogP contribution in [0.3, 0.4) is 0 Å². The van der Waals surface area contributed by atoms with Gasteiger partial charge >= 0.3 is 6.03 Å². The van der Waals surface area contributed by atoms with Gasteiger partial charge in [0.05, 0.1) is 5.25 Å². The molecule has 1 aromatic carbocycles. The number of hydrogen-bond acceptors (Lipinski definition) is 4. The monoisotopic (exact) mass is 417 g/mol. The van der Waals surface area contributed by atoms with Crippen molar-refractivity contribution in [3.8, 4) is 0 Å². The second kappa shape index (κ2) is 7.27. The number of nitrogens with zero attached hydrogens (tertiary/aromatic N) is 1. The highest BCUT2D eigenvalue weighted by Gasteiger charge is 2.44. The van der Waals surface area contributed by atoms with Crippen LogP contribution >= 0.6 is 0 Å². The van der Waals surface area contributed by atoms with Crippen LogP contribution < -0.4 is 10.0 Å². The summed E-state index contributed by atoms with van der Waals surface area (Å²) in [7, 11) is -3.68. The number of rotatable bonds is 4. The van der Waals surface area contributed by atoms with Crippen LogP contribution in [0.1, 0.15) is 67.7 Å².